The summed E-state index contributed by atoms with van der Waals surface area (Å²) in [5.74, 6) is -0.599. The number of hydrogen-bond acceptors (Lipinski definition) is 6. The molecule has 0 saturated carbocycles. The SMILES string of the molecule is Cc1cc(C#N)c2c3c(C#N)cc(C#N)c4c(C(=O)OCc5ccccc5)ccc(c5ccc(C#N)c1c52)c43. The van der Waals surface area contributed by atoms with Crippen LogP contribution in [0.3, 0.4) is 0 Å². The molecule has 0 N–H and O–H groups in total. The molecule has 6 nitrogen and oxygen atoms in total. The number of carbonyl (C=O) groups excluding carboxylic acids is 1. The average molecular weight is 501 g/mol. The molecule has 0 aromatic heterocycles. The van der Waals surface area contributed by atoms with E-state index in [-0.39, 0.29) is 23.3 Å². The van der Waals surface area contributed by atoms with Gasteiger partial charge in [-0.2, -0.15) is 21.0 Å². The normalized spacial score (nSPS) is 10.8. The molecule has 0 aliphatic carbocycles. The maximum Gasteiger partial charge on any atom is 0.339 e. The molecule has 39 heavy (non-hydrogen) atoms. The predicted molar refractivity (Wildman–Crippen MR) is 147 cm³/mol. The second kappa shape index (κ2) is 8.86. The Balaban J connectivity index is 1.79. The molecule has 0 aliphatic rings. The smallest absolute Gasteiger partial charge is 0.339 e. The lowest BCUT2D eigenvalue weighted by molar-refractivity contribution is 0.0475. The minimum absolute atomic E-state index is 0.0604. The van der Waals surface area contributed by atoms with Crippen molar-refractivity contribution >= 4 is 49.1 Å². The first-order valence-corrected chi connectivity index (χ1v) is 12.1. The van der Waals surface area contributed by atoms with Crippen molar-refractivity contribution in [1.82, 2.24) is 0 Å². The van der Waals surface area contributed by atoms with E-state index in [9.17, 15) is 25.8 Å². The number of nitrogens with zero attached hydrogens (tertiary/aromatic N) is 4. The van der Waals surface area contributed by atoms with Crippen LogP contribution in [0, 0.1) is 52.2 Å². The Bertz CT molecular complexity index is 2190. The molecule has 0 spiro atoms. The molecular weight excluding hydrogens is 484 g/mol. The lowest BCUT2D eigenvalue weighted by Crippen LogP contribution is -2.08. The predicted octanol–water partition coefficient (Wildman–Crippen LogP) is 6.89. The Kier molecular flexibility index (Phi) is 5.33. The Hall–Kier alpha value is -5.95. The van der Waals surface area contributed by atoms with Crippen LogP contribution in [0.1, 0.15) is 43.7 Å². The fourth-order valence-electron chi connectivity index (χ4n) is 5.63. The van der Waals surface area contributed by atoms with E-state index in [2.05, 4.69) is 24.3 Å². The van der Waals surface area contributed by atoms with E-state index < -0.39 is 5.97 Å². The van der Waals surface area contributed by atoms with E-state index in [4.69, 9.17) is 4.74 Å². The summed E-state index contributed by atoms with van der Waals surface area (Å²) in [6.45, 7) is 1.91. The third-order valence-electron chi connectivity index (χ3n) is 7.22. The van der Waals surface area contributed by atoms with Crippen LogP contribution < -0.4 is 0 Å². The first-order chi connectivity index (χ1) is 19.0. The molecule has 0 saturated heterocycles. The molecule has 0 heterocycles. The number of carbonyl (C=O) groups is 1. The van der Waals surface area contributed by atoms with Crippen LogP contribution in [0.4, 0.5) is 0 Å². The number of rotatable bonds is 3. The van der Waals surface area contributed by atoms with Crippen molar-refractivity contribution in [3.05, 3.63) is 106 Å². The Morgan fingerprint density at radius 3 is 1.85 bits per heavy atom. The van der Waals surface area contributed by atoms with Crippen LogP contribution in [-0.2, 0) is 11.3 Å². The van der Waals surface area contributed by atoms with Crippen molar-refractivity contribution in [3.8, 4) is 24.3 Å². The molecule has 0 atom stereocenters. The van der Waals surface area contributed by atoms with E-state index in [1.165, 1.54) is 6.07 Å². The molecule has 6 heteroatoms. The van der Waals surface area contributed by atoms with Gasteiger partial charge in [0.05, 0.1) is 52.1 Å². The highest BCUT2D eigenvalue weighted by Crippen LogP contribution is 2.46. The van der Waals surface area contributed by atoms with Gasteiger partial charge in [-0.05, 0) is 53.1 Å². The minimum Gasteiger partial charge on any atom is -0.457 e. The highest BCUT2D eigenvalue weighted by atomic mass is 16.5. The quantitative estimate of drug-likeness (QED) is 0.148. The van der Waals surface area contributed by atoms with Crippen LogP contribution >= 0.6 is 0 Å². The van der Waals surface area contributed by atoms with Crippen molar-refractivity contribution in [2.45, 2.75) is 13.5 Å². The van der Waals surface area contributed by atoms with Gasteiger partial charge in [-0.25, -0.2) is 4.79 Å². The third kappa shape index (κ3) is 3.34. The van der Waals surface area contributed by atoms with E-state index in [0.717, 1.165) is 16.5 Å². The van der Waals surface area contributed by atoms with Crippen LogP contribution in [0.2, 0.25) is 0 Å². The number of fused-ring (bicyclic) bond motifs is 2. The number of hydrogen-bond donors (Lipinski definition) is 0. The lowest BCUT2D eigenvalue weighted by atomic mass is 9.81. The van der Waals surface area contributed by atoms with Crippen molar-refractivity contribution < 1.29 is 9.53 Å². The van der Waals surface area contributed by atoms with Crippen LogP contribution in [0.5, 0.6) is 0 Å². The fraction of sp³-hybridized carbons (Fsp3) is 0.0606. The topological polar surface area (TPSA) is 121 Å². The van der Waals surface area contributed by atoms with Crippen LogP contribution in [-0.4, -0.2) is 5.97 Å². The zero-order valence-electron chi connectivity index (χ0n) is 20.7. The first-order valence-electron chi connectivity index (χ1n) is 12.1. The van der Waals surface area contributed by atoms with Gasteiger partial charge in [0.15, 0.2) is 0 Å². The van der Waals surface area contributed by atoms with E-state index in [1.807, 2.05) is 43.3 Å². The standard InChI is InChI=1S/C33H16N4O2/c1-18-11-21(14-35)29-30-23(16-37)12-22(15-36)28-26(33(38)39-17-19-5-3-2-4-6-19)10-9-25(32(28)30)24-8-7-20(13-34)27(18)31(24)29/h2-12H,17H2,1H3. The fourth-order valence-corrected chi connectivity index (χ4v) is 5.63. The van der Waals surface area contributed by atoms with Gasteiger partial charge in [0.2, 0.25) is 0 Å². The van der Waals surface area contributed by atoms with Crippen molar-refractivity contribution in [1.29, 1.82) is 21.0 Å². The summed E-state index contributed by atoms with van der Waals surface area (Å²) < 4.78 is 5.63. The minimum atomic E-state index is -0.599. The van der Waals surface area contributed by atoms with Gasteiger partial charge in [-0.3, -0.25) is 0 Å². The molecule has 6 rings (SSSR count). The molecule has 6 aromatic carbocycles. The van der Waals surface area contributed by atoms with Gasteiger partial charge >= 0.3 is 5.97 Å². The lowest BCUT2D eigenvalue weighted by Gasteiger charge is -2.20. The largest absolute Gasteiger partial charge is 0.457 e. The van der Waals surface area contributed by atoms with Gasteiger partial charge in [-0.15, -0.1) is 0 Å². The second-order valence-corrected chi connectivity index (χ2v) is 9.29. The Labute approximate surface area is 223 Å². The monoisotopic (exact) mass is 500 g/mol. The molecule has 0 fully saturated rings. The van der Waals surface area contributed by atoms with Crippen molar-refractivity contribution in [3.63, 3.8) is 0 Å². The summed E-state index contributed by atoms with van der Waals surface area (Å²) in [4.78, 5) is 13.4. The molecule has 0 unspecified atom stereocenters. The highest BCUT2D eigenvalue weighted by Gasteiger charge is 2.25. The zero-order valence-corrected chi connectivity index (χ0v) is 20.7. The summed E-state index contributed by atoms with van der Waals surface area (Å²) in [6, 6.07) is 28.3. The van der Waals surface area contributed by atoms with Gasteiger partial charge in [0, 0.05) is 32.3 Å². The van der Waals surface area contributed by atoms with Gasteiger partial charge < -0.3 is 4.74 Å². The van der Waals surface area contributed by atoms with Gasteiger partial charge in [-0.1, -0.05) is 42.5 Å². The van der Waals surface area contributed by atoms with Gasteiger partial charge in [0.25, 0.3) is 0 Å². The molecule has 0 bridgehead atoms. The number of nitriles is 4. The molecule has 0 amide bonds. The third-order valence-corrected chi connectivity index (χ3v) is 7.22. The number of aryl methyl sites for hydroxylation is 1. The zero-order chi connectivity index (χ0) is 27.3. The number of benzene rings is 6. The molecule has 0 aliphatic heterocycles. The molecule has 6 aromatic rings. The summed E-state index contributed by atoms with van der Waals surface area (Å²) >= 11 is 0. The second-order valence-electron chi connectivity index (χ2n) is 9.29. The number of esters is 1. The van der Waals surface area contributed by atoms with Gasteiger partial charge in [0.1, 0.15) is 6.61 Å². The van der Waals surface area contributed by atoms with Crippen LogP contribution in [0.25, 0.3) is 43.1 Å². The van der Waals surface area contributed by atoms with Crippen molar-refractivity contribution in [2.24, 2.45) is 0 Å². The summed E-state index contributed by atoms with van der Waals surface area (Å²) in [6.07, 6.45) is 0. The van der Waals surface area contributed by atoms with Crippen molar-refractivity contribution in [2.75, 3.05) is 0 Å². The van der Waals surface area contributed by atoms with E-state index in [1.54, 1.807) is 24.3 Å². The Morgan fingerprint density at radius 1 is 0.641 bits per heavy atom. The molecule has 0 radical (unpaired) electrons. The maximum atomic E-state index is 13.4. The first kappa shape index (κ1) is 23.4. The van der Waals surface area contributed by atoms with Crippen LogP contribution in [0.15, 0.2) is 66.7 Å². The number of ether oxygens (including phenoxy) is 1. The molecular formula is C33H16N4O2. The summed E-state index contributed by atoms with van der Waals surface area (Å²) in [5, 5.41) is 45.1. The average Bonchev–Trinajstić information content (AvgIpc) is 2.98. The maximum absolute atomic E-state index is 13.4. The van der Waals surface area contributed by atoms with E-state index >= 15 is 0 Å². The van der Waals surface area contributed by atoms with E-state index in [0.29, 0.717) is 48.8 Å². The Morgan fingerprint density at radius 2 is 1.21 bits per heavy atom. The highest BCUT2D eigenvalue weighted by molar-refractivity contribution is 6.37. The summed E-state index contributed by atoms with van der Waals surface area (Å²) in [5.41, 5.74) is 2.99. The molecule has 180 valence electrons. The summed E-state index contributed by atoms with van der Waals surface area (Å²) in [7, 11) is 0.